The Balaban J connectivity index is 1.53. The molecule has 4 nitrogen and oxygen atoms in total. The van der Waals surface area contributed by atoms with Crippen LogP contribution in [0.3, 0.4) is 0 Å². The first-order valence-electron chi connectivity index (χ1n) is 10.00. The number of hydrogen-bond acceptors (Lipinski definition) is 3. The Kier molecular flexibility index (Phi) is 5.61. The van der Waals surface area contributed by atoms with E-state index in [1.54, 1.807) is 6.07 Å². The number of aromatic nitrogens is 2. The van der Waals surface area contributed by atoms with Crippen molar-refractivity contribution in [3.8, 4) is 11.3 Å². The van der Waals surface area contributed by atoms with Crippen LogP contribution in [-0.2, 0) is 12.7 Å². The van der Waals surface area contributed by atoms with Crippen molar-refractivity contribution in [2.75, 3.05) is 18.0 Å². The molecule has 1 aliphatic rings. The number of anilines is 1. The first-order chi connectivity index (χ1) is 14.4. The number of piperidine rings is 1. The minimum atomic E-state index is -4.38. The van der Waals surface area contributed by atoms with Gasteiger partial charge >= 0.3 is 6.18 Å². The normalized spacial score (nSPS) is 14.7. The Bertz CT molecular complexity index is 1050. The molecule has 1 aliphatic heterocycles. The summed E-state index contributed by atoms with van der Waals surface area (Å²) in [5, 5.41) is 4.42. The van der Waals surface area contributed by atoms with E-state index >= 15 is 0 Å². The summed E-state index contributed by atoms with van der Waals surface area (Å²) in [4.78, 5) is 14.6. The minimum Gasteiger partial charge on any atom is -0.372 e. The van der Waals surface area contributed by atoms with Gasteiger partial charge in [0.1, 0.15) is 0 Å². The van der Waals surface area contributed by atoms with Gasteiger partial charge in [0.15, 0.2) is 0 Å². The largest absolute Gasteiger partial charge is 0.416 e. The molecule has 0 amide bonds. The van der Waals surface area contributed by atoms with Crippen molar-refractivity contribution < 1.29 is 13.2 Å². The number of nitrogens with zero attached hydrogens (tertiary/aromatic N) is 3. The lowest BCUT2D eigenvalue weighted by molar-refractivity contribution is -0.137. The van der Waals surface area contributed by atoms with Crippen LogP contribution in [0.5, 0.6) is 0 Å². The van der Waals surface area contributed by atoms with Gasteiger partial charge in [-0.1, -0.05) is 24.3 Å². The van der Waals surface area contributed by atoms with Gasteiger partial charge in [0.25, 0.3) is 5.56 Å². The number of hydrogen-bond donors (Lipinski definition) is 0. The highest BCUT2D eigenvalue weighted by Gasteiger charge is 2.29. The Labute approximate surface area is 172 Å². The average molecular weight is 413 g/mol. The molecule has 2 aromatic carbocycles. The standard InChI is InChI=1S/C23H22F3N3O/c24-23(25,26)19-8-4-17(5-9-19)16-29-22(30)13-12-21(27-29)18-6-10-20(11-7-18)28-14-2-1-3-15-28/h4-13H,1-3,14-16H2. The van der Waals surface area contributed by atoms with Crippen LogP contribution in [0.4, 0.5) is 18.9 Å². The molecular formula is C23H22F3N3O. The van der Waals surface area contributed by atoms with Gasteiger partial charge < -0.3 is 4.90 Å². The number of rotatable bonds is 4. The molecule has 2 heterocycles. The van der Waals surface area contributed by atoms with Gasteiger partial charge in [-0.3, -0.25) is 4.79 Å². The van der Waals surface area contributed by atoms with Crippen LogP contribution in [0.15, 0.2) is 65.5 Å². The maximum Gasteiger partial charge on any atom is 0.416 e. The molecular weight excluding hydrogens is 391 g/mol. The maximum absolute atomic E-state index is 12.7. The Morgan fingerprint density at radius 2 is 1.50 bits per heavy atom. The van der Waals surface area contributed by atoms with Gasteiger partial charge in [-0.05, 0) is 55.2 Å². The summed E-state index contributed by atoms with van der Waals surface area (Å²) in [6.45, 7) is 2.24. The van der Waals surface area contributed by atoms with E-state index in [0.717, 1.165) is 30.8 Å². The fourth-order valence-electron chi connectivity index (χ4n) is 3.68. The summed E-state index contributed by atoms with van der Waals surface area (Å²) in [6.07, 6.45) is -0.691. The fourth-order valence-corrected chi connectivity index (χ4v) is 3.68. The van der Waals surface area contributed by atoms with Crippen molar-refractivity contribution in [2.45, 2.75) is 32.0 Å². The van der Waals surface area contributed by atoms with E-state index < -0.39 is 11.7 Å². The molecule has 1 fully saturated rings. The topological polar surface area (TPSA) is 38.1 Å². The van der Waals surface area contributed by atoms with Crippen LogP contribution in [0.2, 0.25) is 0 Å². The molecule has 4 rings (SSSR count). The monoisotopic (exact) mass is 413 g/mol. The number of benzene rings is 2. The molecule has 0 aliphatic carbocycles. The van der Waals surface area contributed by atoms with Gasteiger partial charge in [0.2, 0.25) is 0 Å². The highest BCUT2D eigenvalue weighted by Crippen LogP contribution is 2.29. The van der Waals surface area contributed by atoms with Crippen LogP contribution in [-0.4, -0.2) is 22.9 Å². The van der Waals surface area contributed by atoms with E-state index in [2.05, 4.69) is 22.1 Å². The molecule has 30 heavy (non-hydrogen) atoms. The molecule has 3 aromatic rings. The summed E-state index contributed by atoms with van der Waals surface area (Å²) in [5.74, 6) is 0. The van der Waals surface area contributed by atoms with Gasteiger partial charge in [-0.25, -0.2) is 4.68 Å². The van der Waals surface area contributed by atoms with E-state index in [9.17, 15) is 18.0 Å². The Morgan fingerprint density at radius 3 is 2.13 bits per heavy atom. The third-order valence-electron chi connectivity index (χ3n) is 5.36. The molecule has 0 spiro atoms. The lowest BCUT2D eigenvalue weighted by Crippen LogP contribution is -2.29. The van der Waals surface area contributed by atoms with E-state index in [1.165, 1.54) is 47.8 Å². The third kappa shape index (κ3) is 4.56. The summed E-state index contributed by atoms with van der Waals surface area (Å²) in [5.41, 5.74) is 2.27. The summed E-state index contributed by atoms with van der Waals surface area (Å²) in [6, 6.07) is 16.0. The van der Waals surface area contributed by atoms with E-state index in [-0.39, 0.29) is 12.1 Å². The van der Waals surface area contributed by atoms with Crippen molar-refractivity contribution >= 4 is 5.69 Å². The van der Waals surface area contributed by atoms with Crippen molar-refractivity contribution in [3.05, 3.63) is 82.1 Å². The van der Waals surface area contributed by atoms with Crippen LogP contribution in [0.25, 0.3) is 11.3 Å². The zero-order valence-corrected chi connectivity index (χ0v) is 16.4. The van der Waals surface area contributed by atoms with E-state index in [1.807, 2.05) is 12.1 Å². The van der Waals surface area contributed by atoms with Crippen molar-refractivity contribution in [1.82, 2.24) is 9.78 Å². The van der Waals surface area contributed by atoms with E-state index in [0.29, 0.717) is 11.3 Å². The van der Waals surface area contributed by atoms with Crippen LogP contribution >= 0.6 is 0 Å². The van der Waals surface area contributed by atoms with Crippen LogP contribution in [0.1, 0.15) is 30.4 Å². The Hall–Kier alpha value is -3.09. The third-order valence-corrected chi connectivity index (χ3v) is 5.36. The predicted octanol–water partition coefficient (Wildman–Crippen LogP) is 4.97. The minimum absolute atomic E-state index is 0.108. The van der Waals surface area contributed by atoms with Gasteiger partial charge in [0, 0.05) is 30.4 Å². The smallest absolute Gasteiger partial charge is 0.372 e. The second kappa shape index (κ2) is 8.34. The average Bonchev–Trinajstić information content (AvgIpc) is 2.76. The molecule has 0 saturated carbocycles. The van der Waals surface area contributed by atoms with E-state index in [4.69, 9.17) is 0 Å². The molecule has 0 N–H and O–H groups in total. The molecule has 0 atom stereocenters. The first kappa shape index (κ1) is 20.2. The highest BCUT2D eigenvalue weighted by atomic mass is 19.4. The maximum atomic E-state index is 12.7. The SMILES string of the molecule is O=c1ccc(-c2ccc(N3CCCCC3)cc2)nn1Cc1ccc(C(F)(F)F)cc1. The molecule has 0 radical (unpaired) electrons. The zero-order valence-electron chi connectivity index (χ0n) is 16.4. The molecule has 1 saturated heterocycles. The summed E-state index contributed by atoms with van der Waals surface area (Å²) >= 11 is 0. The molecule has 7 heteroatoms. The Morgan fingerprint density at radius 1 is 0.833 bits per heavy atom. The summed E-state index contributed by atoms with van der Waals surface area (Å²) < 4.78 is 39.5. The molecule has 156 valence electrons. The first-order valence-corrected chi connectivity index (χ1v) is 10.00. The predicted molar refractivity (Wildman–Crippen MR) is 111 cm³/mol. The lowest BCUT2D eigenvalue weighted by atomic mass is 10.1. The van der Waals surface area contributed by atoms with Crippen molar-refractivity contribution in [2.24, 2.45) is 0 Å². The van der Waals surface area contributed by atoms with Gasteiger partial charge in [0.05, 0.1) is 17.8 Å². The molecule has 0 unspecified atom stereocenters. The lowest BCUT2D eigenvalue weighted by Gasteiger charge is -2.28. The fraction of sp³-hybridized carbons (Fsp3) is 0.304. The van der Waals surface area contributed by atoms with Crippen LogP contribution in [0, 0.1) is 0 Å². The van der Waals surface area contributed by atoms with Crippen LogP contribution < -0.4 is 10.5 Å². The molecule has 1 aromatic heterocycles. The highest BCUT2D eigenvalue weighted by molar-refractivity contribution is 5.62. The number of halogens is 3. The second-order valence-corrected chi connectivity index (χ2v) is 7.50. The zero-order chi connectivity index (χ0) is 21.1. The van der Waals surface area contributed by atoms with Crippen molar-refractivity contribution in [3.63, 3.8) is 0 Å². The molecule has 0 bridgehead atoms. The van der Waals surface area contributed by atoms with Crippen molar-refractivity contribution in [1.29, 1.82) is 0 Å². The quantitative estimate of drug-likeness (QED) is 0.606. The van der Waals surface area contributed by atoms with Gasteiger partial charge in [-0.2, -0.15) is 18.3 Å². The number of alkyl halides is 3. The summed E-state index contributed by atoms with van der Waals surface area (Å²) in [7, 11) is 0. The second-order valence-electron chi connectivity index (χ2n) is 7.50. The van der Waals surface area contributed by atoms with Gasteiger partial charge in [-0.15, -0.1) is 0 Å².